The Labute approximate surface area is 144 Å². The molecular formula is C17H26N2O4S. The summed E-state index contributed by atoms with van der Waals surface area (Å²) in [5.41, 5.74) is 0.976. The summed E-state index contributed by atoms with van der Waals surface area (Å²) in [6.07, 6.45) is 3.79. The monoisotopic (exact) mass is 354 g/mol. The molecule has 0 saturated carbocycles. The summed E-state index contributed by atoms with van der Waals surface area (Å²) >= 11 is 0. The number of likely N-dealkylation sites (N-methyl/N-ethyl adjacent to an activating group) is 1. The van der Waals surface area contributed by atoms with Gasteiger partial charge < -0.3 is 4.74 Å². The molecule has 1 aliphatic heterocycles. The van der Waals surface area contributed by atoms with Crippen molar-refractivity contribution in [1.29, 1.82) is 0 Å². The van der Waals surface area contributed by atoms with Gasteiger partial charge in [-0.15, -0.1) is 0 Å². The minimum absolute atomic E-state index is 0.0906. The van der Waals surface area contributed by atoms with E-state index in [9.17, 15) is 8.42 Å². The Morgan fingerprint density at radius 2 is 1.96 bits per heavy atom. The summed E-state index contributed by atoms with van der Waals surface area (Å²) in [5, 5.41) is 0.987. The molecule has 1 heterocycles. The fraction of sp³-hybridized carbons (Fsp3) is 0.529. The van der Waals surface area contributed by atoms with Crippen LogP contribution in [0, 0.1) is 0 Å². The Bertz CT molecular complexity index is 670. The molecular weight excluding hydrogens is 328 g/mol. The van der Waals surface area contributed by atoms with Crippen LogP contribution >= 0.6 is 0 Å². The summed E-state index contributed by atoms with van der Waals surface area (Å²) in [6.45, 7) is 3.88. The zero-order valence-electron chi connectivity index (χ0n) is 14.8. The molecule has 0 radical (unpaired) electrons. The van der Waals surface area contributed by atoms with Crippen molar-refractivity contribution >= 4 is 16.1 Å². The molecule has 0 aliphatic carbocycles. The van der Waals surface area contributed by atoms with Gasteiger partial charge in [0.15, 0.2) is 0 Å². The van der Waals surface area contributed by atoms with Crippen LogP contribution in [0.3, 0.4) is 0 Å². The summed E-state index contributed by atoms with van der Waals surface area (Å²) in [4.78, 5) is 5.48. The third-order valence-corrected chi connectivity index (χ3v) is 6.76. The minimum atomic E-state index is -3.44. The van der Waals surface area contributed by atoms with E-state index in [1.165, 1.54) is 4.31 Å². The van der Waals surface area contributed by atoms with Gasteiger partial charge in [0.2, 0.25) is 10.0 Å². The van der Waals surface area contributed by atoms with Crippen molar-refractivity contribution < 1.29 is 18.0 Å². The van der Waals surface area contributed by atoms with Gasteiger partial charge in [0.25, 0.3) is 0 Å². The molecule has 1 aromatic rings. The van der Waals surface area contributed by atoms with Crippen LogP contribution in [0.1, 0.15) is 19.4 Å². The molecule has 2 atom stereocenters. The Hall–Kier alpha value is -1.41. The highest BCUT2D eigenvalue weighted by Crippen LogP contribution is 2.25. The Morgan fingerprint density at radius 1 is 1.33 bits per heavy atom. The smallest absolute Gasteiger partial charge is 0.221 e. The van der Waals surface area contributed by atoms with Gasteiger partial charge in [0.05, 0.1) is 19.8 Å². The number of sulfonamides is 1. The van der Waals surface area contributed by atoms with Crippen LogP contribution < -0.4 is 4.74 Å². The van der Waals surface area contributed by atoms with Crippen molar-refractivity contribution in [1.82, 2.24) is 9.37 Å². The van der Waals surface area contributed by atoms with E-state index in [0.29, 0.717) is 0 Å². The maximum atomic E-state index is 12.8. The predicted octanol–water partition coefficient (Wildman–Crippen LogP) is 1.99. The molecule has 7 heteroatoms. The quantitative estimate of drug-likeness (QED) is 0.782. The van der Waals surface area contributed by atoms with Gasteiger partial charge in [-0.1, -0.05) is 24.3 Å². The molecule has 1 aromatic carbocycles. The molecule has 1 aliphatic rings. The molecule has 0 N–H and O–H groups in total. The van der Waals surface area contributed by atoms with Gasteiger partial charge in [0.1, 0.15) is 11.0 Å². The van der Waals surface area contributed by atoms with Crippen molar-refractivity contribution in [2.45, 2.75) is 31.2 Å². The average molecular weight is 354 g/mol. The Balaban J connectivity index is 2.21. The molecule has 0 spiro atoms. The number of nitrogens with zero attached hydrogens (tertiary/aromatic N) is 2. The van der Waals surface area contributed by atoms with Gasteiger partial charge in [-0.25, -0.2) is 12.7 Å². The van der Waals surface area contributed by atoms with Crippen LogP contribution in [0.5, 0.6) is 5.75 Å². The molecule has 6 nitrogen and oxygen atoms in total. The molecule has 1 saturated heterocycles. The molecule has 24 heavy (non-hydrogen) atoms. The predicted molar refractivity (Wildman–Crippen MR) is 95.1 cm³/mol. The lowest BCUT2D eigenvalue weighted by Crippen LogP contribution is -2.45. The highest BCUT2D eigenvalue weighted by atomic mass is 32.2. The van der Waals surface area contributed by atoms with E-state index in [-0.39, 0.29) is 18.7 Å². The number of hydroxylamine groups is 2. The number of methoxy groups -OCH3 is 1. The summed E-state index contributed by atoms with van der Waals surface area (Å²) in [7, 11) is 1.55. The van der Waals surface area contributed by atoms with E-state index < -0.39 is 15.3 Å². The first-order chi connectivity index (χ1) is 11.3. The van der Waals surface area contributed by atoms with Crippen LogP contribution in [0.25, 0.3) is 6.08 Å². The number of hydrogen-bond donors (Lipinski definition) is 0. The van der Waals surface area contributed by atoms with Crippen molar-refractivity contribution in [3.05, 3.63) is 35.9 Å². The summed E-state index contributed by atoms with van der Waals surface area (Å²) in [6, 6.07) is 7.17. The Kier molecular flexibility index (Phi) is 6.03. The van der Waals surface area contributed by atoms with Gasteiger partial charge in [-0.05, 0) is 31.5 Å². The molecule has 134 valence electrons. The van der Waals surface area contributed by atoms with Crippen molar-refractivity contribution in [3.8, 4) is 5.75 Å². The van der Waals surface area contributed by atoms with E-state index in [0.717, 1.165) is 11.3 Å². The van der Waals surface area contributed by atoms with E-state index >= 15 is 0 Å². The van der Waals surface area contributed by atoms with Crippen LogP contribution in [0.4, 0.5) is 0 Å². The van der Waals surface area contributed by atoms with E-state index in [2.05, 4.69) is 0 Å². The summed E-state index contributed by atoms with van der Waals surface area (Å²) in [5.74, 6) is 0.785. The standard InChI is InChI=1S/C17H26N2O4S/c1-13(2)19(4)24(20,21)17-12-23-18(3)16(17)11-8-14-6-9-15(22-5)10-7-14/h6-11,13,16-17H,12H2,1-5H3/b11-8+. The molecule has 0 amide bonds. The van der Waals surface area contributed by atoms with E-state index in [4.69, 9.17) is 9.57 Å². The second-order valence-corrected chi connectivity index (χ2v) is 8.37. The first-order valence-electron chi connectivity index (χ1n) is 7.92. The Morgan fingerprint density at radius 3 is 2.50 bits per heavy atom. The maximum absolute atomic E-state index is 12.8. The topological polar surface area (TPSA) is 59.1 Å². The molecule has 0 bridgehead atoms. The number of hydrogen-bond acceptors (Lipinski definition) is 5. The second kappa shape index (κ2) is 7.65. The van der Waals surface area contributed by atoms with Gasteiger partial charge in [-0.3, -0.25) is 4.84 Å². The number of rotatable bonds is 6. The first-order valence-corrected chi connectivity index (χ1v) is 9.42. The zero-order chi connectivity index (χ0) is 17.9. The molecule has 2 rings (SSSR count). The summed E-state index contributed by atoms with van der Waals surface area (Å²) < 4.78 is 32.1. The molecule has 2 unspecified atom stereocenters. The van der Waals surface area contributed by atoms with Crippen LogP contribution in [-0.2, 0) is 14.9 Å². The fourth-order valence-electron chi connectivity index (χ4n) is 2.55. The third kappa shape index (κ3) is 3.97. The fourth-order valence-corrected chi connectivity index (χ4v) is 4.41. The van der Waals surface area contributed by atoms with Crippen LogP contribution in [0.2, 0.25) is 0 Å². The van der Waals surface area contributed by atoms with Gasteiger partial charge in [0, 0.05) is 20.1 Å². The normalized spacial score (nSPS) is 22.8. The van der Waals surface area contributed by atoms with Gasteiger partial charge >= 0.3 is 0 Å². The third-order valence-electron chi connectivity index (χ3n) is 4.36. The van der Waals surface area contributed by atoms with Crippen molar-refractivity contribution in [2.24, 2.45) is 0 Å². The number of benzene rings is 1. The van der Waals surface area contributed by atoms with Crippen molar-refractivity contribution in [3.63, 3.8) is 0 Å². The van der Waals surface area contributed by atoms with E-state index in [1.807, 2.05) is 50.3 Å². The lowest BCUT2D eigenvalue weighted by Gasteiger charge is -2.27. The highest BCUT2D eigenvalue weighted by molar-refractivity contribution is 7.89. The molecule has 1 fully saturated rings. The molecule has 0 aromatic heterocycles. The largest absolute Gasteiger partial charge is 0.497 e. The van der Waals surface area contributed by atoms with E-state index in [1.54, 1.807) is 26.3 Å². The number of ether oxygens (including phenoxy) is 1. The van der Waals surface area contributed by atoms with Crippen LogP contribution in [-0.4, -0.2) is 62.9 Å². The lowest BCUT2D eigenvalue weighted by molar-refractivity contribution is -0.100. The highest BCUT2D eigenvalue weighted by Gasteiger charge is 2.43. The average Bonchev–Trinajstić information content (AvgIpc) is 2.94. The SMILES string of the molecule is COc1ccc(/C=C/C2C(S(=O)(=O)N(C)C(C)C)CON2C)cc1. The minimum Gasteiger partial charge on any atom is -0.497 e. The first kappa shape index (κ1) is 18.9. The van der Waals surface area contributed by atoms with Gasteiger partial charge in [-0.2, -0.15) is 5.06 Å². The lowest BCUT2D eigenvalue weighted by atomic mass is 10.1. The van der Waals surface area contributed by atoms with Crippen LogP contribution in [0.15, 0.2) is 30.3 Å². The second-order valence-electron chi connectivity index (χ2n) is 6.16. The van der Waals surface area contributed by atoms with Crippen molar-refractivity contribution in [2.75, 3.05) is 27.8 Å². The zero-order valence-corrected chi connectivity index (χ0v) is 15.7. The maximum Gasteiger partial charge on any atom is 0.221 e.